The fourth-order valence-corrected chi connectivity index (χ4v) is 7.46. The smallest absolute Gasteiger partial charge is 0.240 e. The van der Waals surface area contributed by atoms with Gasteiger partial charge in [0.05, 0.1) is 29.0 Å². The summed E-state index contributed by atoms with van der Waals surface area (Å²) in [5.74, 6) is 0.989. The number of nitrogens with zero attached hydrogens (tertiary/aromatic N) is 4. The maximum Gasteiger partial charge on any atom is 0.240 e. The number of aryl methyl sites for hydroxylation is 1. The number of likely N-dealkylation sites (tertiary alicyclic amines) is 1. The molecule has 9 nitrogen and oxygen atoms in total. The number of rotatable bonds is 6. The maximum absolute atomic E-state index is 14.3. The maximum atomic E-state index is 14.3. The molecule has 1 amide bonds. The molecule has 5 atom stereocenters. The average molecular weight is 554 g/mol. The Bertz CT molecular complexity index is 1270. The first-order chi connectivity index (χ1) is 19.1. The zero-order valence-corrected chi connectivity index (χ0v) is 24.4. The lowest BCUT2D eigenvalue weighted by Gasteiger charge is -2.53. The molecule has 2 saturated heterocycles. The Labute approximate surface area is 236 Å². The van der Waals surface area contributed by atoms with Crippen LogP contribution >= 0.6 is 0 Å². The van der Waals surface area contributed by atoms with Crippen LogP contribution in [-0.4, -0.2) is 87.0 Å². The number of aromatic nitrogens is 2. The number of aromatic amines is 1. The molecule has 1 saturated carbocycles. The van der Waals surface area contributed by atoms with Crippen LogP contribution in [0.4, 0.5) is 4.39 Å². The Kier molecular flexibility index (Phi) is 7.17. The Hall–Kier alpha value is -2.53. The van der Waals surface area contributed by atoms with Gasteiger partial charge in [0.1, 0.15) is 5.82 Å². The van der Waals surface area contributed by atoms with Crippen LogP contribution in [0.3, 0.4) is 0 Å². The molecule has 218 valence electrons. The van der Waals surface area contributed by atoms with Gasteiger partial charge in [-0.2, -0.15) is 0 Å². The second kappa shape index (κ2) is 10.4. The molecular formula is C30H44FN7O2. The van der Waals surface area contributed by atoms with Gasteiger partial charge in [0.15, 0.2) is 11.6 Å². The number of hydrogen-bond donors (Lipinski definition) is 4. The van der Waals surface area contributed by atoms with Gasteiger partial charge in [-0.3, -0.25) is 15.1 Å². The van der Waals surface area contributed by atoms with Gasteiger partial charge in [0.2, 0.25) is 5.91 Å². The van der Waals surface area contributed by atoms with E-state index in [0.29, 0.717) is 18.9 Å². The van der Waals surface area contributed by atoms with Gasteiger partial charge in [-0.1, -0.05) is 13.8 Å². The minimum absolute atomic E-state index is 0.0529. The molecule has 6 rings (SSSR count). The van der Waals surface area contributed by atoms with Crippen LogP contribution < -0.4 is 10.9 Å². The van der Waals surface area contributed by atoms with E-state index in [9.17, 15) is 14.3 Å². The van der Waals surface area contributed by atoms with E-state index >= 15 is 0 Å². The van der Waals surface area contributed by atoms with Crippen LogP contribution in [0.5, 0.6) is 5.75 Å². The van der Waals surface area contributed by atoms with Gasteiger partial charge in [-0.25, -0.2) is 14.8 Å². The molecule has 10 heteroatoms. The lowest BCUT2D eigenvalue weighted by molar-refractivity contribution is -0.150. The third-order valence-corrected chi connectivity index (χ3v) is 10.3. The third-order valence-electron chi connectivity index (χ3n) is 10.3. The number of likely N-dealkylation sites (N-methyl/N-ethyl adjacent to an activating group) is 2. The summed E-state index contributed by atoms with van der Waals surface area (Å²) in [6, 6.07) is 3.29. The molecule has 40 heavy (non-hydrogen) atoms. The van der Waals surface area contributed by atoms with Crippen molar-refractivity contribution in [2.24, 2.45) is 5.92 Å². The molecule has 3 fully saturated rings. The number of phenolic OH excluding ortho intramolecular Hbond substituents is 1. The number of aromatic hydroxyl groups is 1. The van der Waals surface area contributed by atoms with Crippen LogP contribution in [0, 0.1) is 11.7 Å². The van der Waals surface area contributed by atoms with Gasteiger partial charge in [-0.15, -0.1) is 0 Å². The molecule has 0 radical (unpaired) electrons. The highest BCUT2D eigenvalue weighted by Crippen LogP contribution is 2.45. The second-order valence-corrected chi connectivity index (χ2v) is 12.8. The van der Waals surface area contributed by atoms with E-state index in [-0.39, 0.29) is 41.2 Å². The number of benzene rings is 1. The standard InChI is InChI=1S/C30H44FN7O2/c1-6-17-11-26(39)21(31)12-20(17)18-8-9-19-22(10-18)34-35-27(19)28-32-23-13-25(37(7-2)14-24(23)33-28)29(40)38-15-30(3,16-38)36(4)5/h11-12,18-19,22,25,27,34-35,39H,6-10,13-16H2,1-5H3,(H,32,33)/t18?,19?,22?,25-,27?/m1/s1. The lowest BCUT2D eigenvalue weighted by Crippen LogP contribution is -2.70. The summed E-state index contributed by atoms with van der Waals surface area (Å²) in [6.07, 6.45) is 4.29. The van der Waals surface area contributed by atoms with Gasteiger partial charge in [0.25, 0.3) is 0 Å². The quantitative estimate of drug-likeness (QED) is 0.437. The molecule has 0 spiro atoms. The van der Waals surface area contributed by atoms with Crippen molar-refractivity contribution in [3.63, 3.8) is 0 Å². The molecule has 1 aliphatic carbocycles. The monoisotopic (exact) mass is 553 g/mol. The molecule has 4 unspecified atom stereocenters. The predicted molar refractivity (Wildman–Crippen MR) is 151 cm³/mol. The van der Waals surface area contributed by atoms with Crippen molar-refractivity contribution < 1.29 is 14.3 Å². The minimum Gasteiger partial charge on any atom is -0.505 e. The van der Waals surface area contributed by atoms with E-state index in [1.165, 1.54) is 6.07 Å². The third kappa shape index (κ3) is 4.62. The first kappa shape index (κ1) is 27.6. The average Bonchev–Trinajstić information content (AvgIpc) is 3.54. The SMILES string of the molecule is CCc1cc(O)c(F)cc1C1CCC2C(C1)NNC2c1nc2c([nH]1)CN(CC)[C@@H](C(=O)N1CC(C)(N(C)C)C1)C2. The highest BCUT2D eigenvalue weighted by Gasteiger charge is 2.47. The largest absolute Gasteiger partial charge is 0.505 e. The summed E-state index contributed by atoms with van der Waals surface area (Å²) >= 11 is 0. The number of imidazole rings is 1. The van der Waals surface area contributed by atoms with Crippen molar-refractivity contribution in [3.05, 3.63) is 46.3 Å². The summed E-state index contributed by atoms with van der Waals surface area (Å²) in [5, 5.41) is 9.86. The van der Waals surface area contributed by atoms with Gasteiger partial charge < -0.3 is 19.9 Å². The molecule has 1 aromatic heterocycles. The first-order valence-corrected chi connectivity index (χ1v) is 14.9. The van der Waals surface area contributed by atoms with E-state index in [4.69, 9.17) is 4.98 Å². The number of carbonyl (C=O) groups excluding carboxylic acids is 1. The fraction of sp³-hybridized carbons (Fsp3) is 0.667. The molecule has 4 N–H and O–H groups in total. The Morgan fingerprint density at radius 1 is 1.23 bits per heavy atom. The van der Waals surface area contributed by atoms with E-state index < -0.39 is 5.82 Å². The zero-order chi connectivity index (χ0) is 28.3. The number of halogens is 1. The van der Waals surface area contributed by atoms with Crippen LogP contribution in [0.1, 0.15) is 80.3 Å². The molecule has 2 aromatic rings. The number of amides is 1. The number of fused-ring (bicyclic) bond motifs is 2. The number of hydrogen-bond acceptors (Lipinski definition) is 7. The highest BCUT2D eigenvalue weighted by molar-refractivity contribution is 5.83. The fourth-order valence-electron chi connectivity index (χ4n) is 7.46. The number of H-pyrrole nitrogens is 1. The minimum atomic E-state index is -0.537. The summed E-state index contributed by atoms with van der Waals surface area (Å²) in [4.78, 5) is 28.7. The summed E-state index contributed by atoms with van der Waals surface area (Å²) in [5.41, 5.74) is 11.3. The van der Waals surface area contributed by atoms with Crippen molar-refractivity contribution in [1.29, 1.82) is 0 Å². The van der Waals surface area contributed by atoms with E-state index in [1.807, 2.05) is 11.8 Å². The van der Waals surface area contributed by atoms with E-state index in [0.717, 1.165) is 73.7 Å². The Morgan fingerprint density at radius 3 is 2.70 bits per heavy atom. The highest BCUT2D eigenvalue weighted by atomic mass is 19.1. The summed E-state index contributed by atoms with van der Waals surface area (Å²) in [6.45, 7) is 9.44. The summed E-state index contributed by atoms with van der Waals surface area (Å²) in [7, 11) is 4.16. The van der Waals surface area contributed by atoms with Crippen LogP contribution in [-0.2, 0) is 24.2 Å². The predicted octanol–water partition coefficient (Wildman–Crippen LogP) is 2.83. The normalized spacial score (nSPS) is 29.8. The number of carbonyl (C=O) groups is 1. The van der Waals surface area contributed by atoms with Gasteiger partial charge in [-0.05, 0) is 88.3 Å². The van der Waals surface area contributed by atoms with E-state index in [2.05, 4.69) is 53.6 Å². The van der Waals surface area contributed by atoms with Crippen LogP contribution in [0.2, 0.25) is 0 Å². The molecule has 1 aromatic carbocycles. The number of phenols is 1. The van der Waals surface area contributed by atoms with Gasteiger partial charge >= 0.3 is 0 Å². The first-order valence-electron chi connectivity index (χ1n) is 14.9. The van der Waals surface area contributed by atoms with Crippen molar-refractivity contribution in [3.8, 4) is 5.75 Å². The van der Waals surface area contributed by atoms with Crippen molar-refractivity contribution in [1.82, 2.24) is 35.5 Å². The number of nitrogens with one attached hydrogen (secondary N) is 3. The molecule has 0 bridgehead atoms. The van der Waals surface area contributed by atoms with Crippen LogP contribution in [0.15, 0.2) is 12.1 Å². The van der Waals surface area contributed by atoms with Crippen LogP contribution in [0.25, 0.3) is 0 Å². The van der Waals surface area contributed by atoms with E-state index in [1.54, 1.807) is 6.07 Å². The number of hydrazine groups is 1. The Balaban J connectivity index is 1.15. The lowest BCUT2D eigenvalue weighted by atomic mass is 9.73. The van der Waals surface area contributed by atoms with Gasteiger partial charge in [0, 0.05) is 32.1 Å². The second-order valence-electron chi connectivity index (χ2n) is 12.8. The van der Waals surface area contributed by atoms with Crippen molar-refractivity contribution in [2.75, 3.05) is 33.7 Å². The Morgan fingerprint density at radius 2 is 2.00 bits per heavy atom. The van der Waals surface area contributed by atoms with Crippen molar-refractivity contribution >= 4 is 5.91 Å². The zero-order valence-electron chi connectivity index (χ0n) is 24.4. The molecule has 4 aliphatic rings. The summed E-state index contributed by atoms with van der Waals surface area (Å²) < 4.78 is 14.3. The molecular weight excluding hydrogens is 509 g/mol. The molecule has 3 aliphatic heterocycles. The van der Waals surface area contributed by atoms with Crippen molar-refractivity contribution in [2.45, 2.75) is 89.0 Å². The topological polar surface area (TPSA) is 99.8 Å². The molecule has 4 heterocycles.